The molecular weight excluding hydrogens is 266 g/mol. The van der Waals surface area contributed by atoms with Crippen molar-refractivity contribution in [1.29, 1.82) is 5.26 Å². The predicted octanol–water partition coefficient (Wildman–Crippen LogP) is 1.39. The van der Waals surface area contributed by atoms with Gasteiger partial charge in [-0.3, -0.25) is 9.69 Å². The van der Waals surface area contributed by atoms with Crippen LogP contribution in [0.15, 0.2) is 0 Å². The number of piperidine rings is 1. The Morgan fingerprint density at radius 1 is 1.29 bits per heavy atom. The zero-order chi connectivity index (χ0) is 14.9. The molecule has 116 valence electrons. The van der Waals surface area contributed by atoms with Gasteiger partial charge in [-0.05, 0) is 39.2 Å². The SMILES string of the molecule is CC1CN2CCCCC2CN1C(=O)C1(C#N)CCOCC1. The van der Waals surface area contributed by atoms with E-state index < -0.39 is 5.41 Å². The highest BCUT2D eigenvalue weighted by Gasteiger charge is 2.46. The highest BCUT2D eigenvalue weighted by atomic mass is 16.5. The van der Waals surface area contributed by atoms with Crippen molar-refractivity contribution in [2.24, 2.45) is 5.41 Å². The number of hydrogen-bond acceptors (Lipinski definition) is 4. The van der Waals surface area contributed by atoms with Crippen LogP contribution in [0.2, 0.25) is 0 Å². The number of nitriles is 1. The largest absolute Gasteiger partial charge is 0.381 e. The van der Waals surface area contributed by atoms with E-state index in [-0.39, 0.29) is 11.9 Å². The Morgan fingerprint density at radius 3 is 2.76 bits per heavy atom. The number of ether oxygens (including phenoxy) is 1. The lowest BCUT2D eigenvalue weighted by molar-refractivity contribution is -0.150. The molecule has 3 saturated heterocycles. The van der Waals surface area contributed by atoms with Crippen molar-refractivity contribution in [2.75, 3.05) is 32.8 Å². The third-order valence-electron chi connectivity index (χ3n) is 5.42. The van der Waals surface area contributed by atoms with Crippen LogP contribution in [-0.2, 0) is 9.53 Å². The summed E-state index contributed by atoms with van der Waals surface area (Å²) < 4.78 is 5.35. The van der Waals surface area contributed by atoms with E-state index in [1.54, 1.807) is 0 Å². The highest BCUT2D eigenvalue weighted by molar-refractivity contribution is 5.86. The van der Waals surface area contributed by atoms with Gasteiger partial charge in [-0.1, -0.05) is 6.42 Å². The number of piperazine rings is 1. The monoisotopic (exact) mass is 291 g/mol. The quantitative estimate of drug-likeness (QED) is 0.732. The molecule has 0 N–H and O–H groups in total. The summed E-state index contributed by atoms with van der Waals surface area (Å²) >= 11 is 0. The van der Waals surface area contributed by atoms with Gasteiger partial charge < -0.3 is 9.64 Å². The molecule has 3 aliphatic heterocycles. The first kappa shape index (κ1) is 14.8. The second-order valence-electron chi connectivity index (χ2n) is 6.76. The number of nitrogens with zero attached hydrogens (tertiary/aromatic N) is 3. The molecule has 3 heterocycles. The topological polar surface area (TPSA) is 56.6 Å². The molecule has 0 radical (unpaired) electrons. The van der Waals surface area contributed by atoms with Crippen molar-refractivity contribution in [3.8, 4) is 6.07 Å². The first-order valence-electron chi connectivity index (χ1n) is 8.20. The molecule has 2 atom stereocenters. The molecule has 0 aromatic heterocycles. The van der Waals surface area contributed by atoms with Crippen LogP contribution in [0, 0.1) is 16.7 Å². The summed E-state index contributed by atoms with van der Waals surface area (Å²) in [4.78, 5) is 17.5. The Labute approximate surface area is 126 Å². The number of carbonyl (C=O) groups is 1. The molecule has 0 aromatic rings. The van der Waals surface area contributed by atoms with Gasteiger partial charge >= 0.3 is 0 Å². The molecule has 3 fully saturated rings. The second-order valence-corrected chi connectivity index (χ2v) is 6.76. The normalized spacial score (nSPS) is 33.0. The predicted molar refractivity (Wildman–Crippen MR) is 78.5 cm³/mol. The van der Waals surface area contributed by atoms with Crippen LogP contribution in [0.25, 0.3) is 0 Å². The van der Waals surface area contributed by atoms with E-state index in [1.807, 2.05) is 4.90 Å². The fourth-order valence-corrected chi connectivity index (χ4v) is 4.00. The number of hydrogen-bond donors (Lipinski definition) is 0. The smallest absolute Gasteiger partial charge is 0.243 e. The van der Waals surface area contributed by atoms with E-state index in [9.17, 15) is 10.1 Å². The highest BCUT2D eigenvalue weighted by Crippen LogP contribution is 2.34. The molecule has 1 amide bonds. The summed E-state index contributed by atoms with van der Waals surface area (Å²) in [6, 6.07) is 3.03. The minimum absolute atomic E-state index is 0.0472. The summed E-state index contributed by atoms with van der Waals surface area (Å²) in [5.74, 6) is 0.0472. The maximum absolute atomic E-state index is 13.0. The van der Waals surface area contributed by atoms with Gasteiger partial charge in [0.2, 0.25) is 5.91 Å². The molecule has 0 aromatic carbocycles. The molecule has 21 heavy (non-hydrogen) atoms. The van der Waals surface area contributed by atoms with E-state index in [1.165, 1.54) is 19.3 Å². The molecule has 3 rings (SSSR count). The Kier molecular flexibility index (Phi) is 4.19. The zero-order valence-corrected chi connectivity index (χ0v) is 12.9. The van der Waals surface area contributed by atoms with Gasteiger partial charge in [0.15, 0.2) is 0 Å². The molecule has 0 spiro atoms. The number of carbonyl (C=O) groups excluding carboxylic acids is 1. The lowest BCUT2D eigenvalue weighted by Crippen LogP contribution is -2.62. The van der Waals surface area contributed by atoms with Crippen molar-refractivity contribution in [1.82, 2.24) is 9.80 Å². The fraction of sp³-hybridized carbons (Fsp3) is 0.875. The Morgan fingerprint density at radius 2 is 2.05 bits per heavy atom. The van der Waals surface area contributed by atoms with Crippen molar-refractivity contribution in [2.45, 2.75) is 51.1 Å². The van der Waals surface area contributed by atoms with Gasteiger partial charge in [-0.15, -0.1) is 0 Å². The van der Waals surface area contributed by atoms with Crippen LogP contribution in [0.3, 0.4) is 0 Å². The number of fused-ring (bicyclic) bond motifs is 1. The van der Waals surface area contributed by atoms with Gasteiger partial charge in [0.05, 0.1) is 6.07 Å². The van der Waals surface area contributed by atoms with Crippen molar-refractivity contribution in [3.63, 3.8) is 0 Å². The summed E-state index contributed by atoms with van der Waals surface area (Å²) in [6.45, 7) is 6.08. The van der Waals surface area contributed by atoms with Crippen molar-refractivity contribution >= 4 is 5.91 Å². The average Bonchev–Trinajstić information content (AvgIpc) is 2.54. The fourth-order valence-electron chi connectivity index (χ4n) is 4.00. The van der Waals surface area contributed by atoms with Gasteiger partial charge in [0, 0.05) is 38.4 Å². The van der Waals surface area contributed by atoms with E-state index >= 15 is 0 Å². The molecule has 5 nitrogen and oxygen atoms in total. The van der Waals surface area contributed by atoms with Crippen LogP contribution in [0.1, 0.15) is 39.0 Å². The first-order valence-corrected chi connectivity index (χ1v) is 8.20. The van der Waals surface area contributed by atoms with Crippen LogP contribution >= 0.6 is 0 Å². The zero-order valence-electron chi connectivity index (χ0n) is 12.9. The van der Waals surface area contributed by atoms with E-state index in [0.29, 0.717) is 32.1 Å². The second kappa shape index (κ2) is 5.94. The molecule has 5 heteroatoms. The van der Waals surface area contributed by atoms with Gasteiger partial charge in [-0.2, -0.15) is 5.26 Å². The minimum Gasteiger partial charge on any atom is -0.381 e. The minimum atomic E-state index is -0.844. The number of rotatable bonds is 1. The summed E-state index contributed by atoms with van der Waals surface area (Å²) in [5.41, 5.74) is -0.844. The molecule has 0 aliphatic carbocycles. The van der Waals surface area contributed by atoms with Crippen LogP contribution in [0.5, 0.6) is 0 Å². The lowest BCUT2D eigenvalue weighted by atomic mass is 9.79. The maximum atomic E-state index is 13.0. The molecule has 0 saturated carbocycles. The average molecular weight is 291 g/mol. The van der Waals surface area contributed by atoms with Crippen molar-refractivity contribution in [3.05, 3.63) is 0 Å². The van der Waals surface area contributed by atoms with Gasteiger partial charge in [-0.25, -0.2) is 0 Å². The van der Waals surface area contributed by atoms with E-state index in [0.717, 1.165) is 19.6 Å². The third kappa shape index (κ3) is 2.67. The van der Waals surface area contributed by atoms with E-state index in [2.05, 4.69) is 17.9 Å². The van der Waals surface area contributed by atoms with Gasteiger partial charge in [0.25, 0.3) is 0 Å². The van der Waals surface area contributed by atoms with Crippen LogP contribution in [-0.4, -0.2) is 60.6 Å². The summed E-state index contributed by atoms with van der Waals surface area (Å²) in [5, 5.41) is 9.60. The molecular formula is C16H25N3O2. The first-order chi connectivity index (χ1) is 10.2. The molecule has 0 bridgehead atoms. The molecule has 2 unspecified atom stereocenters. The van der Waals surface area contributed by atoms with E-state index in [4.69, 9.17) is 4.74 Å². The summed E-state index contributed by atoms with van der Waals surface area (Å²) in [7, 11) is 0. The van der Waals surface area contributed by atoms with Gasteiger partial charge in [0.1, 0.15) is 5.41 Å². The Bertz CT molecular complexity index is 439. The van der Waals surface area contributed by atoms with Crippen LogP contribution in [0.4, 0.5) is 0 Å². The van der Waals surface area contributed by atoms with Crippen molar-refractivity contribution < 1.29 is 9.53 Å². The number of amides is 1. The maximum Gasteiger partial charge on any atom is 0.243 e. The third-order valence-corrected chi connectivity index (χ3v) is 5.42. The molecule has 3 aliphatic rings. The lowest BCUT2D eigenvalue weighted by Gasteiger charge is -2.49. The Balaban J connectivity index is 1.75. The summed E-state index contributed by atoms with van der Waals surface area (Å²) in [6.07, 6.45) is 4.80. The standard InChI is InChI=1S/C16H25N3O2/c1-13-10-18-7-3-2-4-14(18)11-19(13)15(20)16(12-17)5-8-21-9-6-16/h13-14H,2-11H2,1H3. The Hall–Kier alpha value is -1.12. The van der Waals surface area contributed by atoms with Crippen LogP contribution < -0.4 is 0 Å².